The molecule has 1 rings (SSSR count). The van der Waals surface area contributed by atoms with Gasteiger partial charge in [0.1, 0.15) is 17.2 Å². The van der Waals surface area contributed by atoms with Crippen LogP contribution in [0.1, 0.15) is 34.6 Å². The number of nitrogens with zero attached hydrogens (tertiary/aromatic N) is 2. The Balaban J connectivity index is 0.00000729. The molecule has 0 bridgehead atoms. The summed E-state index contributed by atoms with van der Waals surface area (Å²) in [6.07, 6.45) is 1.16. The number of nitrogens with one attached hydrogen (secondary N) is 3. The normalized spacial score (nSPS) is 11.9. The molecule has 3 N–H and O–H groups in total. The third-order valence-corrected chi connectivity index (χ3v) is 3.41. The monoisotopic (exact) mass is 527 g/mol. The molecule has 0 saturated carbocycles. The second-order valence-electron chi connectivity index (χ2n) is 7.50. The molecule has 0 radical (unpaired) electrons. The minimum Gasteiger partial charge on any atom is -0.475 e. The largest absolute Gasteiger partial charge is 0.475 e. The molecule has 0 aliphatic carbocycles. The lowest BCUT2D eigenvalue weighted by molar-refractivity contribution is 0.0474. The van der Waals surface area contributed by atoms with E-state index in [-0.39, 0.29) is 24.0 Å². The van der Waals surface area contributed by atoms with Crippen LogP contribution in [0.4, 0.5) is 4.79 Å². The Labute approximate surface area is 189 Å². The van der Waals surface area contributed by atoms with E-state index in [0.29, 0.717) is 36.6 Å². The van der Waals surface area contributed by atoms with Crippen molar-refractivity contribution < 1.29 is 14.3 Å². The summed E-state index contributed by atoms with van der Waals surface area (Å²) in [7, 11) is 1.67. The van der Waals surface area contributed by atoms with Gasteiger partial charge in [0, 0.05) is 19.8 Å². The highest BCUT2D eigenvalue weighted by molar-refractivity contribution is 14.0. The third-order valence-electron chi connectivity index (χ3n) is 3.12. The zero-order chi connectivity index (χ0) is 20.5. The first kappa shape index (κ1) is 26.5. The summed E-state index contributed by atoms with van der Waals surface area (Å²) in [6.45, 7) is 10.6. The molecule has 8 nitrogen and oxygen atoms in total. The third kappa shape index (κ3) is 11.4. The Morgan fingerprint density at radius 2 is 1.93 bits per heavy atom. The van der Waals surface area contributed by atoms with Crippen molar-refractivity contribution in [1.29, 1.82) is 0 Å². The van der Waals surface area contributed by atoms with Gasteiger partial charge in [0.25, 0.3) is 0 Å². The Morgan fingerprint density at radius 3 is 2.50 bits per heavy atom. The number of hydrogen-bond acceptors (Lipinski definition) is 5. The molecular formula is C18H31ClIN5O3. The maximum atomic E-state index is 11.9. The van der Waals surface area contributed by atoms with Crippen LogP contribution in [-0.4, -0.2) is 54.9 Å². The second-order valence-corrected chi connectivity index (χ2v) is 7.91. The average Bonchev–Trinajstić information content (AvgIpc) is 2.53. The van der Waals surface area contributed by atoms with Crippen LogP contribution < -0.4 is 20.7 Å². The minimum absolute atomic E-state index is 0. The first-order chi connectivity index (χ1) is 12.5. The maximum Gasteiger partial charge on any atom is 0.408 e. The first-order valence-electron chi connectivity index (χ1n) is 8.71. The number of rotatable bonds is 7. The summed E-state index contributed by atoms with van der Waals surface area (Å²) in [6, 6.07) is 3.46. The Morgan fingerprint density at radius 1 is 1.25 bits per heavy atom. The van der Waals surface area contributed by atoms with Crippen molar-refractivity contribution in [1.82, 2.24) is 20.9 Å². The van der Waals surface area contributed by atoms with E-state index >= 15 is 0 Å². The molecule has 0 aliphatic rings. The molecule has 160 valence electrons. The van der Waals surface area contributed by atoms with Crippen molar-refractivity contribution in [3.8, 4) is 5.88 Å². The van der Waals surface area contributed by atoms with Crippen LogP contribution >= 0.6 is 35.6 Å². The fourth-order valence-corrected chi connectivity index (χ4v) is 2.12. The predicted molar refractivity (Wildman–Crippen MR) is 123 cm³/mol. The van der Waals surface area contributed by atoms with Gasteiger partial charge in [-0.3, -0.25) is 4.99 Å². The Bertz CT molecular complexity index is 650. The quantitative estimate of drug-likeness (QED) is 0.218. The highest BCUT2D eigenvalue weighted by atomic mass is 127. The van der Waals surface area contributed by atoms with Crippen LogP contribution in [0.5, 0.6) is 5.88 Å². The number of alkyl carbamates (subject to hydrolysis) is 1. The Hall–Kier alpha value is -1.49. The number of hydrogen-bond donors (Lipinski definition) is 3. The standard InChI is InChI=1S/C18H30ClN5O3.HI/c1-17(2,3)27-16(25)24-18(4,5)12-23-15(20-6)22-10-11-26-14-13(19)8-7-9-21-14;/h7-9H,10-12H2,1-6H3,(H,24,25)(H2,20,22,23);1H. The van der Waals surface area contributed by atoms with Crippen LogP contribution in [0, 0.1) is 0 Å². The van der Waals surface area contributed by atoms with Crippen LogP contribution in [0.15, 0.2) is 23.3 Å². The predicted octanol–water partition coefficient (Wildman–Crippen LogP) is 3.20. The summed E-state index contributed by atoms with van der Waals surface area (Å²) in [4.78, 5) is 20.1. The zero-order valence-electron chi connectivity index (χ0n) is 17.3. The molecular weight excluding hydrogens is 497 g/mol. The molecule has 28 heavy (non-hydrogen) atoms. The van der Waals surface area contributed by atoms with Gasteiger partial charge in [-0.15, -0.1) is 24.0 Å². The summed E-state index contributed by atoms with van der Waals surface area (Å²) >= 11 is 5.99. The number of guanidine groups is 1. The van der Waals surface area contributed by atoms with Gasteiger partial charge in [0.05, 0.1) is 12.1 Å². The fourth-order valence-electron chi connectivity index (χ4n) is 1.94. The van der Waals surface area contributed by atoms with Crippen molar-refractivity contribution in [2.45, 2.75) is 45.8 Å². The van der Waals surface area contributed by atoms with Crippen molar-refractivity contribution in [3.05, 3.63) is 23.4 Å². The topological polar surface area (TPSA) is 96.9 Å². The fraction of sp³-hybridized carbons (Fsp3) is 0.611. The summed E-state index contributed by atoms with van der Waals surface area (Å²) < 4.78 is 10.8. The van der Waals surface area contributed by atoms with E-state index in [4.69, 9.17) is 21.1 Å². The van der Waals surface area contributed by atoms with Crippen molar-refractivity contribution in [3.63, 3.8) is 0 Å². The lowest BCUT2D eigenvalue weighted by Crippen LogP contribution is -2.54. The number of carbonyl (C=O) groups is 1. The SMILES string of the molecule is CN=C(NCCOc1ncccc1Cl)NCC(C)(C)NC(=O)OC(C)(C)C.I. The Kier molecular flexibility index (Phi) is 11.5. The average molecular weight is 528 g/mol. The summed E-state index contributed by atoms with van der Waals surface area (Å²) in [5, 5.41) is 9.58. The van der Waals surface area contributed by atoms with Crippen LogP contribution in [-0.2, 0) is 4.74 Å². The number of ether oxygens (including phenoxy) is 2. The van der Waals surface area contributed by atoms with Gasteiger partial charge in [0.15, 0.2) is 5.96 Å². The number of carbonyl (C=O) groups excluding carboxylic acids is 1. The molecule has 1 aromatic rings. The van der Waals surface area contributed by atoms with E-state index in [2.05, 4.69) is 25.9 Å². The molecule has 0 aromatic carbocycles. The molecule has 1 aromatic heterocycles. The van der Waals surface area contributed by atoms with E-state index in [1.54, 1.807) is 25.4 Å². The van der Waals surface area contributed by atoms with E-state index in [0.717, 1.165) is 0 Å². The molecule has 0 fully saturated rings. The molecule has 0 unspecified atom stereocenters. The highest BCUT2D eigenvalue weighted by Gasteiger charge is 2.24. The van der Waals surface area contributed by atoms with Gasteiger partial charge >= 0.3 is 6.09 Å². The van der Waals surface area contributed by atoms with Crippen molar-refractivity contribution in [2.24, 2.45) is 4.99 Å². The number of halogens is 2. The molecule has 0 saturated heterocycles. The smallest absolute Gasteiger partial charge is 0.408 e. The van der Waals surface area contributed by atoms with E-state index in [9.17, 15) is 4.79 Å². The van der Waals surface area contributed by atoms with Gasteiger partial charge in [-0.1, -0.05) is 11.6 Å². The molecule has 0 spiro atoms. The van der Waals surface area contributed by atoms with E-state index < -0.39 is 17.2 Å². The van der Waals surface area contributed by atoms with Gasteiger partial charge in [0.2, 0.25) is 5.88 Å². The lowest BCUT2D eigenvalue weighted by atomic mass is 10.1. The molecule has 10 heteroatoms. The zero-order valence-corrected chi connectivity index (χ0v) is 20.3. The highest BCUT2D eigenvalue weighted by Crippen LogP contribution is 2.19. The number of pyridine rings is 1. The van der Waals surface area contributed by atoms with Gasteiger partial charge in [-0.25, -0.2) is 9.78 Å². The molecule has 0 atom stereocenters. The number of aromatic nitrogens is 1. The van der Waals surface area contributed by atoms with Gasteiger partial charge in [-0.05, 0) is 46.8 Å². The van der Waals surface area contributed by atoms with Crippen molar-refractivity contribution >= 4 is 47.6 Å². The van der Waals surface area contributed by atoms with Crippen LogP contribution in [0.2, 0.25) is 5.02 Å². The number of aliphatic imine (C=N–C) groups is 1. The molecule has 1 amide bonds. The minimum atomic E-state index is -0.540. The van der Waals surface area contributed by atoms with E-state index in [1.807, 2.05) is 34.6 Å². The van der Waals surface area contributed by atoms with E-state index in [1.165, 1.54) is 0 Å². The van der Waals surface area contributed by atoms with Crippen LogP contribution in [0.3, 0.4) is 0 Å². The molecule has 0 aliphatic heterocycles. The second kappa shape index (κ2) is 12.2. The maximum absolute atomic E-state index is 11.9. The number of amides is 1. The van der Waals surface area contributed by atoms with Crippen LogP contribution in [0.25, 0.3) is 0 Å². The first-order valence-corrected chi connectivity index (χ1v) is 9.09. The molecule has 1 heterocycles. The van der Waals surface area contributed by atoms with Gasteiger partial charge < -0.3 is 25.4 Å². The van der Waals surface area contributed by atoms with Crippen molar-refractivity contribution in [2.75, 3.05) is 26.7 Å². The summed E-state index contributed by atoms with van der Waals surface area (Å²) in [5.74, 6) is 0.983. The van der Waals surface area contributed by atoms with Gasteiger partial charge in [-0.2, -0.15) is 0 Å². The summed E-state index contributed by atoms with van der Waals surface area (Å²) in [5.41, 5.74) is -1.07. The lowest BCUT2D eigenvalue weighted by Gasteiger charge is -2.29.